The Kier molecular flexibility index (Phi) is 5.72. The van der Waals surface area contributed by atoms with E-state index in [1.807, 2.05) is 13.0 Å². The van der Waals surface area contributed by atoms with Crippen LogP contribution in [0.3, 0.4) is 0 Å². The topological polar surface area (TPSA) is 111 Å². The lowest BCUT2D eigenvalue weighted by molar-refractivity contribution is -0.121. The third-order valence-electron chi connectivity index (χ3n) is 4.70. The van der Waals surface area contributed by atoms with Crippen LogP contribution in [0.5, 0.6) is 5.75 Å². The summed E-state index contributed by atoms with van der Waals surface area (Å²) in [5, 5.41) is 0.778. The van der Waals surface area contributed by atoms with Gasteiger partial charge in [-0.15, -0.1) is 0 Å². The number of nitrogens with one attached hydrogen (secondary N) is 2. The van der Waals surface area contributed by atoms with Crippen molar-refractivity contribution in [2.45, 2.75) is 33.6 Å². The molecule has 2 heterocycles. The number of hydrogen-bond donors (Lipinski definition) is 2. The summed E-state index contributed by atoms with van der Waals surface area (Å²) in [4.78, 5) is 36.6. The van der Waals surface area contributed by atoms with Gasteiger partial charge in [-0.25, -0.2) is 4.79 Å². The maximum atomic E-state index is 12.3. The molecule has 0 aliphatic heterocycles. The van der Waals surface area contributed by atoms with Gasteiger partial charge in [0, 0.05) is 23.4 Å². The van der Waals surface area contributed by atoms with Crippen molar-refractivity contribution in [1.82, 2.24) is 10.9 Å². The van der Waals surface area contributed by atoms with Gasteiger partial charge in [0.1, 0.15) is 22.9 Å². The van der Waals surface area contributed by atoms with Crippen LogP contribution in [0.2, 0.25) is 0 Å². The van der Waals surface area contributed by atoms with Crippen molar-refractivity contribution in [2.24, 2.45) is 0 Å². The Morgan fingerprint density at radius 1 is 1.07 bits per heavy atom. The fourth-order valence-electron chi connectivity index (χ4n) is 3.14. The number of amides is 2. The molecule has 8 nitrogen and oxygen atoms in total. The number of ether oxygens (including phenoxy) is 1. The summed E-state index contributed by atoms with van der Waals surface area (Å²) in [6.07, 6.45) is 0.193. The summed E-state index contributed by atoms with van der Waals surface area (Å²) >= 11 is 0. The van der Waals surface area contributed by atoms with E-state index >= 15 is 0 Å². The van der Waals surface area contributed by atoms with E-state index < -0.39 is 17.4 Å². The van der Waals surface area contributed by atoms with Gasteiger partial charge in [0.25, 0.3) is 5.91 Å². The minimum absolute atomic E-state index is 0.0109. The van der Waals surface area contributed by atoms with Gasteiger partial charge in [-0.2, -0.15) is 0 Å². The number of furan rings is 1. The van der Waals surface area contributed by atoms with Crippen LogP contribution in [0.4, 0.5) is 0 Å². The number of methoxy groups -OCH3 is 1. The molecule has 29 heavy (non-hydrogen) atoms. The molecule has 152 valence electrons. The summed E-state index contributed by atoms with van der Waals surface area (Å²) < 4.78 is 15.8. The maximum Gasteiger partial charge on any atom is 0.339 e. The highest BCUT2D eigenvalue weighted by Crippen LogP contribution is 2.24. The van der Waals surface area contributed by atoms with Crippen molar-refractivity contribution < 1.29 is 23.2 Å². The summed E-state index contributed by atoms with van der Waals surface area (Å²) in [6, 6.07) is 6.83. The standard InChI is InChI=1S/C21H22N2O6/c1-11-9-17(13(3)28-11)20(25)23-22-19(24)8-7-16-12(2)15-6-5-14(27-4)10-18(15)29-21(16)26/h5-6,9-10H,7-8H2,1-4H3,(H,22,24)(H,23,25). The van der Waals surface area contributed by atoms with E-state index in [0.29, 0.717) is 34.0 Å². The smallest absolute Gasteiger partial charge is 0.339 e. The molecular formula is C21H22N2O6. The zero-order chi connectivity index (χ0) is 21.1. The van der Waals surface area contributed by atoms with E-state index in [1.165, 1.54) is 7.11 Å². The number of aryl methyl sites for hydroxylation is 3. The first-order valence-corrected chi connectivity index (χ1v) is 9.06. The average Bonchev–Trinajstić information content (AvgIpc) is 3.03. The van der Waals surface area contributed by atoms with Crippen LogP contribution in [0.15, 0.2) is 37.9 Å². The van der Waals surface area contributed by atoms with Crippen molar-refractivity contribution in [1.29, 1.82) is 0 Å². The highest BCUT2D eigenvalue weighted by Gasteiger charge is 2.16. The molecule has 8 heteroatoms. The van der Waals surface area contributed by atoms with Crippen molar-refractivity contribution in [2.75, 3.05) is 7.11 Å². The number of rotatable bonds is 5. The molecule has 0 aliphatic rings. The molecule has 2 amide bonds. The van der Waals surface area contributed by atoms with Gasteiger partial charge < -0.3 is 13.6 Å². The van der Waals surface area contributed by atoms with Gasteiger partial charge in [0.15, 0.2) is 0 Å². The Hall–Kier alpha value is -3.55. The highest BCUT2D eigenvalue weighted by atomic mass is 16.5. The van der Waals surface area contributed by atoms with Crippen LogP contribution in [0, 0.1) is 20.8 Å². The molecule has 0 saturated heterocycles. The van der Waals surface area contributed by atoms with Crippen molar-refractivity contribution in [3.05, 3.63) is 62.9 Å². The quantitative estimate of drug-likeness (QED) is 0.505. The van der Waals surface area contributed by atoms with Crippen LogP contribution in [-0.4, -0.2) is 18.9 Å². The Bertz CT molecular complexity index is 1140. The molecule has 0 aliphatic carbocycles. The van der Waals surface area contributed by atoms with Crippen LogP contribution in [0.25, 0.3) is 11.0 Å². The lowest BCUT2D eigenvalue weighted by Gasteiger charge is -2.09. The number of benzene rings is 1. The minimum Gasteiger partial charge on any atom is -0.497 e. The molecule has 1 aromatic carbocycles. The lowest BCUT2D eigenvalue weighted by atomic mass is 10.0. The number of carbonyl (C=O) groups is 2. The van der Waals surface area contributed by atoms with E-state index in [-0.39, 0.29) is 12.8 Å². The van der Waals surface area contributed by atoms with E-state index in [1.54, 1.807) is 32.0 Å². The fourth-order valence-corrected chi connectivity index (χ4v) is 3.14. The molecule has 3 aromatic rings. The number of hydrogen-bond acceptors (Lipinski definition) is 6. The van der Waals surface area contributed by atoms with Gasteiger partial charge in [0.2, 0.25) is 5.91 Å². The van der Waals surface area contributed by atoms with E-state index in [2.05, 4.69) is 10.9 Å². The first-order chi connectivity index (χ1) is 13.8. The predicted octanol–water partition coefficient (Wildman–Crippen LogP) is 2.71. The summed E-state index contributed by atoms with van der Waals surface area (Å²) in [6.45, 7) is 5.21. The molecule has 2 N–H and O–H groups in total. The zero-order valence-electron chi connectivity index (χ0n) is 16.7. The second-order valence-electron chi connectivity index (χ2n) is 6.68. The minimum atomic E-state index is -0.496. The summed E-state index contributed by atoms with van der Waals surface area (Å²) in [5.74, 6) is 0.768. The summed E-state index contributed by atoms with van der Waals surface area (Å²) in [5.41, 5.74) is 6.15. The SMILES string of the molecule is COc1ccc2c(C)c(CCC(=O)NNC(=O)c3cc(C)oc3C)c(=O)oc2c1. The van der Waals surface area contributed by atoms with Crippen LogP contribution < -0.4 is 21.2 Å². The Morgan fingerprint density at radius 2 is 1.83 bits per heavy atom. The number of fused-ring (bicyclic) bond motifs is 1. The number of hydrazine groups is 1. The lowest BCUT2D eigenvalue weighted by Crippen LogP contribution is -2.41. The molecule has 0 saturated carbocycles. The second kappa shape index (κ2) is 8.22. The third kappa shape index (κ3) is 4.31. The van der Waals surface area contributed by atoms with Crippen molar-refractivity contribution in [3.63, 3.8) is 0 Å². The molecule has 0 bridgehead atoms. The number of carbonyl (C=O) groups excluding carboxylic acids is 2. The monoisotopic (exact) mass is 398 g/mol. The fraction of sp³-hybridized carbons (Fsp3) is 0.286. The third-order valence-corrected chi connectivity index (χ3v) is 4.70. The van der Waals surface area contributed by atoms with Crippen LogP contribution in [-0.2, 0) is 11.2 Å². The molecular weight excluding hydrogens is 376 g/mol. The van der Waals surface area contributed by atoms with Crippen molar-refractivity contribution in [3.8, 4) is 5.75 Å². The summed E-state index contributed by atoms with van der Waals surface area (Å²) in [7, 11) is 1.53. The first-order valence-electron chi connectivity index (χ1n) is 9.06. The first kappa shape index (κ1) is 20.2. The molecule has 0 fully saturated rings. The van der Waals surface area contributed by atoms with E-state index in [0.717, 1.165) is 10.9 Å². The van der Waals surface area contributed by atoms with Crippen molar-refractivity contribution >= 4 is 22.8 Å². The molecule has 2 aromatic heterocycles. The van der Waals surface area contributed by atoms with Gasteiger partial charge in [0.05, 0.1) is 12.7 Å². The normalized spacial score (nSPS) is 10.8. The predicted molar refractivity (Wildman–Crippen MR) is 106 cm³/mol. The van der Waals surface area contributed by atoms with Gasteiger partial charge in [-0.05, 0) is 51.0 Å². The Morgan fingerprint density at radius 3 is 2.48 bits per heavy atom. The van der Waals surface area contributed by atoms with Crippen LogP contribution in [0.1, 0.15) is 39.4 Å². The molecule has 0 radical (unpaired) electrons. The molecule has 0 atom stereocenters. The maximum absolute atomic E-state index is 12.3. The Labute approximate surface area is 166 Å². The largest absolute Gasteiger partial charge is 0.497 e. The average molecular weight is 398 g/mol. The molecule has 0 spiro atoms. The van der Waals surface area contributed by atoms with Crippen LogP contribution >= 0.6 is 0 Å². The Balaban J connectivity index is 1.65. The van der Waals surface area contributed by atoms with E-state index in [9.17, 15) is 14.4 Å². The molecule has 3 rings (SSSR count). The zero-order valence-corrected chi connectivity index (χ0v) is 16.7. The van der Waals surface area contributed by atoms with E-state index in [4.69, 9.17) is 13.6 Å². The van der Waals surface area contributed by atoms with Gasteiger partial charge >= 0.3 is 5.63 Å². The van der Waals surface area contributed by atoms with Gasteiger partial charge in [-0.3, -0.25) is 20.4 Å². The molecule has 0 unspecified atom stereocenters. The highest BCUT2D eigenvalue weighted by molar-refractivity contribution is 5.96. The van der Waals surface area contributed by atoms with Gasteiger partial charge in [-0.1, -0.05) is 0 Å². The second-order valence-corrected chi connectivity index (χ2v) is 6.68.